The summed E-state index contributed by atoms with van der Waals surface area (Å²) in [6.45, 7) is 2.98. The number of hydrogen-bond donors (Lipinski definition) is 1. The first kappa shape index (κ1) is 13.3. The van der Waals surface area contributed by atoms with Crippen molar-refractivity contribution in [1.82, 2.24) is 10.3 Å². The zero-order valence-electron chi connectivity index (χ0n) is 11.1. The minimum Gasteiger partial charge on any atom is -0.457 e. The molecule has 1 aromatic carbocycles. The van der Waals surface area contributed by atoms with Gasteiger partial charge in [0.25, 0.3) is 0 Å². The summed E-state index contributed by atoms with van der Waals surface area (Å²) < 4.78 is 6.15. The zero-order chi connectivity index (χ0) is 13.9. The first-order chi connectivity index (χ1) is 9.81. The van der Waals surface area contributed by atoms with Gasteiger partial charge in [-0.2, -0.15) is 0 Å². The van der Waals surface area contributed by atoms with Crippen molar-refractivity contribution in [2.24, 2.45) is 0 Å². The molecule has 0 aliphatic carbocycles. The third-order valence-electron chi connectivity index (χ3n) is 3.36. The summed E-state index contributed by atoms with van der Waals surface area (Å²) in [4.78, 5) is 4.43. The highest BCUT2D eigenvalue weighted by atomic mass is 79.9. The molecule has 3 rings (SSSR count). The molecule has 0 aliphatic heterocycles. The highest BCUT2D eigenvalue weighted by Gasteiger charge is 2.19. The van der Waals surface area contributed by atoms with Crippen LogP contribution in [-0.4, -0.2) is 11.5 Å². The second kappa shape index (κ2) is 5.77. The van der Waals surface area contributed by atoms with Crippen molar-refractivity contribution in [2.75, 3.05) is 6.54 Å². The minimum absolute atomic E-state index is 0.0843. The van der Waals surface area contributed by atoms with E-state index in [2.05, 4.69) is 45.3 Å². The first-order valence-corrected chi connectivity index (χ1v) is 7.40. The van der Waals surface area contributed by atoms with Gasteiger partial charge in [-0.05, 0) is 46.2 Å². The molecule has 20 heavy (non-hydrogen) atoms. The van der Waals surface area contributed by atoms with Crippen LogP contribution in [0, 0.1) is 0 Å². The summed E-state index contributed by atoms with van der Waals surface area (Å²) in [6.07, 6.45) is 3.52. The number of benzene rings is 1. The summed E-state index contributed by atoms with van der Waals surface area (Å²) >= 11 is 3.48. The van der Waals surface area contributed by atoms with Crippen molar-refractivity contribution >= 4 is 26.8 Å². The van der Waals surface area contributed by atoms with E-state index >= 15 is 0 Å². The Morgan fingerprint density at radius 2 is 2.10 bits per heavy atom. The summed E-state index contributed by atoms with van der Waals surface area (Å²) in [5, 5.41) is 4.68. The highest BCUT2D eigenvalue weighted by Crippen LogP contribution is 2.32. The van der Waals surface area contributed by atoms with E-state index in [9.17, 15) is 0 Å². The van der Waals surface area contributed by atoms with Gasteiger partial charge in [-0.15, -0.1) is 0 Å². The Balaban J connectivity index is 2.17. The predicted octanol–water partition coefficient (Wildman–Crippen LogP) is 4.29. The molecule has 0 saturated carbocycles. The van der Waals surface area contributed by atoms with Crippen LogP contribution in [-0.2, 0) is 0 Å². The number of aromatic nitrogens is 1. The van der Waals surface area contributed by atoms with E-state index < -0.39 is 0 Å². The topological polar surface area (TPSA) is 38.1 Å². The Hall–Kier alpha value is -1.65. The highest BCUT2D eigenvalue weighted by molar-refractivity contribution is 9.10. The molecule has 102 valence electrons. The molecule has 0 amide bonds. The maximum atomic E-state index is 5.39. The monoisotopic (exact) mass is 330 g/mol. The molecule has 1 atom stereocenters. The van der Waals surface area contributed by atoms with E-state index in [0.29, 0.717) is 0 Å². The van der Waals surface area contributed by atoms with E-state index in [4.69, 9.17) is 4.42 Å². The number of nitrogens with zero attached hydrogens (tertiary/aromatic N) is 1. The molecule has 0 spiro atoms. The molecule has 2 heterocycles. The van der Waals surface area contributed by atoms with Crippen LogP contribution in [0.5, 0.6) is 0 Å². The van der Waals surface area contributed by atoms with Crippen LogP contribution in [0.1, 0.15) is 24.1 Å². The van der Waals surface area contributed by atoms with Gasteiger partial charge in [0.05, 0.1) is 17.8 Å². The fourth-order valence-electron chi connectivity index (χ4n) is 2.48. The van der Waals surface area contributed by atoms with E-state index in [1.807, 2.05) is 30.5 Å². The maximum Gasteiger partial charge on any atom is 0.174 e. The van der Waals surface area contributed by atoms with Crippen molar-refractivity contribution in [3.8, 4) is 0 Å². The second-order valence-electron chi connectivity index (χ2n) is 4.56. The van der Waals surface area contributed by atoms with Crippen LogP contribution in [0.2, 0.25) is 0 Å². The molecule has 0 saturated heterocycles. The standard InChI is InChI=1S/C16H15BrN2O/c1-2-18-15(13-8-10-20-16(13)17)12-5-3-7-14-11(12)6-4-9-19-14/h3-10,15,18H,2H2,1H3. The van der Waals surface area contributed by atoms with E-state index in [-0.39, 0.29) is 6.04 Å². The predicted molar refractivity (Wildman–Crippen MR) is 83.7 cm³/mol. The summed E-state index contributed by atoms with van der Waals surface area (Å²) in [6, 6.07) is 12.4. The largest absolute Gasteiger partial charge is 0.457 e. The lowest BCUT2D eigenvalue weighted by molar-refractivity contribution is 0.527. The smallest absolute Gasteiger partial charge is 0.174 e. The normalized spacial score (nSPS) is 12.7. The van der Waals surface area contributed by atoms with Crippen LogP contribution in [0.3, 0.4) is 0 Å². The minimum atomic E-state index is 0.0843. The fourth-order valence-corrected chi connectivity index (χ4v) is 2.95. The number of fused-ring (bicyclic) bond motifs is 1. The van der Waals surface area contributed by atoms with E-state index in [0.717, 1.165) is 27.7 Å². The molecule has 3 aromatic rings. The molecule has 0 aliphatic rings. The third kappa shape index (κ3) is 2.37. The van der Waals surface area contributed by atoms with Crippen LogP contribution < -0.4 is 5.32 Å². The van der Waals surface area contributed by atoms with Gasteiger partial charge in [0, 0.05) is 17.1 Å². The van der Waals surface area contributed by atoms with Crippen molar-refractivity contribution in [3.05, 3.63) is 64.7 Å². The summed E-state index contributed by atoms with van der Waals surface area (Å²) in [7, 11) is 0. The number of pyridine rings is 1. The number of furan rings is 1. The summed E-state index contributed by atoms with van der Waals surface area (Å²) in [5.74, 6) is 0. The SMILES string of the molecule is CCNC(c1ccoc1Br)c1cccc2ncccc12. The van der Waals surface area contributed by atoms with Crippen LogP contribution >= 0.6 is 15.9 Å². The number of halogens is 1. The third-order valence-corrected chi connectivity index (χ3v) is 4.00. The average molecular weight is 331 g/mol. The van der Waals surface area contributed by atoms with E-state index in [1.165, 1.54) is 5.56 Å². The van der Waals surface area contributed by atoms with Crippen molar-refractivity contribution in [2.45, 2.75) is 13.0 Å². The molecule has 4 heteroatoms. The lowest BCUT2D eigenvalue weighted by Crippen LogP contribution is -2.22. The number of hydrogen-bond acceptors (Lipinski definition) is 3. The van der Waals surface area contributed by atoms with Crippen molar-refractivity contribution in [3.63, 3.8) is 0 Å². The fraction of sp³-hybridized carbons (Fsp3) is 0.188. The Morgan fingerprint density at radius 1 is 1.20 bits per heavy atom. The lowest BCUT2D eigenvalue weighted by Gasteiger charge is -2.19. The van der Waals surface area contributed by atoms with Gasteiger partial charge in [-0.1, -0.05) is 25.1 Å². The molecule has 0 radical (unpaired) electrons. The molecule has 1 unspecified atom stereocenters. The van der Waals surface area contributed by atoms with Gasteiger partial charge >= 0.3 is 0 Å². The van der Waals surface area contributed by atoms with Crippen LogP contribution in [0.25, 0.3) is 10.9 Å². The molecule has 1 N–H and O–H groups in total. The van der Waals surface area contributed by atoms with Gasteiger partial charge in [-0.25, -0.2) is 0 Å². The van der Waals surface area contributed by atoms with Gasteiger partial charge in [-0.3, -0.25) is 4.98 Å². The second-order valence-corrected chi connectivity index (χ2v) is 5.28. The first-order valence-electron chi connectivity index (χ1n) is 6.61. The van der Waals surface area contributed by atoms with Gasteiger partial charge in [0.1, 0.15) is 0 Å². The number of nitrogens with one attached hydrogen (secondary N) is 1. The Morgan fingerprint density at radius 3 is 2.85 bits per heavy atom. The zero-order valence-corrected chi connectivity index (χ0v) is 12.7. The van der Waals surface area contributed by atoms with Crippen molar-refractivity contribution < 1.29 is 4.42 Å². The van der Waals surface area contributed by atoms with Crippen LogP contribution in [0.4, 0.5) is 0 Å². The van der Waals surface area contributed by atoms with Gasteiger partial charge in [0.2, 0.25) is 0 Å². The van der Waals surface area contributed by atoms with Gasteiger partial charge in [0.15, 0.2) is 4.67 Å². The average Bonchev–Trinajstić information content (AvgIpc) is 2.90. The molecule has 0 bridgehead atoms. The molecule has 0 fully saturated rings. The Kier molecular flexibility index (Phi) is 3.85. The van der Waals surface area contributed by atoms with E-state index in [1.54, 1.807) is 6.26 Å². The maximum absolute atomic E-state index is 5.39. The van der Waals surface area contributed by atoms with Crippen molar-refractivity contribution in [1.29, 1.82) is 0 Å². The quantitative estimate of drug-likeness (QED) is 0.775. The molecule has 2 aromatic heterocycles. The molecular weight excluding hydrogens is 316 g/mol. The lowest BCUT2D eigenvalue weighted by atomic mass is 9.97. The van der Waals surface area contributed by atoms with Gasteiger partial charge < -0.3 is 9.73 Å². The summed E-state index contributed by atoms with van der Waals surface area (Å²) in [5.41, 5.74) is 3.32. The molecule has 3 nitrogen and oxygen atoms in total. The molecular formula is C16H15BrN2O. The Bertz CT molecular complexity index is 718. The van der Waals surface area contributed by atoms with Crippen LogP contribution in [0.15, 0.2) is 57.9 Å². The number of rotatable bonds is 4. The Labute approximate surface area is 126 Å².